The third-order valence-electron chi connectivity index (χ3n) is 2.32. The van der Waals surface area contributed by atoms with E-state index in [2.05, 4.69) is 11.1 Å². The zero-order valence-electron chi connectivity index (χ0n) is 8.81. The number of para-hydroxylation sites is 2. The molecule has 0 unspecified atom stereocenters. The van der Waals surface area contributed by atoms with Crippen LogP contribution in [0.1, 0.15) is 6.92 Å². The normalized spacial score (nSPS) is 9.75. The molecule has 78 valence electrons. The van der Waals surface area contributed by atoms with Crippen LogP contribution in [0.25, 0.3) is 16.7 Å². The van der Waals surface area contributed by atoms with Crippen LogP contribution in [-0.2, 0) is 6.54 Å². The molecule has 1 heterocycles. The summed E-state index contributed by atoms with van der Waals surface area (Å²) in [6, 6.07) is 9.49. The van der Waals surface area contributed by atoms with Crippen molar-refractivity contribution in [2.24, 2.45) is 0 Å². The van der Waals surface area contributed by atoms with E-state index in [4.69, 9.17) is 10.7 Å². The Morgan fingerprint density at radius 3 is 2.94 bits per heavy atom. The molecule has 0 radical (unpaired) electrons. The molecule has 5 heteroatoms. The van der Waals surface area contributed by atoms with E-state index >= 15 is 0 Å². The van der Waals surface area contributed by atoms with Gasteiger partial charge >= 0.3 is 0 Å². The lowest BCUT2D eigenvalue weighted by Gasteiger charge is -1.85. The zero-order valence-corrected chi connectivity index (χ0v) is 8.81. The maximum atomic E-state index is 8.88. The number of hydrogen-bond donors (Lipinski definition) is 1. The number of aromatic nitrogens is 3. The Morgan fingerprint density at radius 2 is 2.31 bits per heavy atom. The van der Waals surface area contributed by atoms with Crippen LogP contribution >= 0.6 is 0 Å². The van der Waals surface area contributed by atoms with Crippen LogP contribution in [0.3, 0.4) is 0 Å². The van der Waals surface area contributed by atoms with Crippen molar-refractivity contribution in [3.8, 4) is 6.07 Å². The number of nitriles is 1. The molecule has 0 amide bonds. The van der Waals surface area contributed by atoms with Crippen molar-refractivity contribution >= 4 is 22.6 Å². The van der Waals surface area contributed by atoms with Gasteiger partial charge in [0.05, 0.1) is 5.21 Å². The van der Waals surface area contributed by atoms with Crippen molar-refractivity contribution in [2.45, 2.75) is 13.5 Å². The molecule has 0 aliphatic rings. The summed E-state index contributed by atoms with van der Waals surface area (Å²) in [4.78, 5) is 0. The molecule has 2 rings (SSSR count). The average Bonchev–Trinajstić information content (AvgIpc) is 2.70. The molecule has 0 aliphatic carbocycles. The van der Waals surface area contributed by atoms with E-state index in [1.165, 1.54) is 4.68 Å². The summed E-state index contributed by atoms with van der Waals surface area (Å²) in [5.74, 6) is 2.09. The summed E-state index contributed by atoms with van der Waals surface area (Å²) < 4.78 is 3.22. The fraction of sp³-hybridized carbons (Fsp3) is 0.182. The molecule has 1 aromatic carbocycles. The van der Waals surface area contributed by atoms with E-state index in [1.54, 1.807) is 4.68 Å². The first kappa shape index (κ1) is 10.1. The zero-order chi connectivity index (χ0) is 11.5. The lowest BCUT2D eigenvalue weighted by atomic mass is 10.3. The molecule has 5 nitrogen and oxygen atoms in total. The van der Waals surface area contributed by atoms with E-state index in [-0.39, 0.29) is 5.70 Å². The van der Waals surface area contributed by atoms with Crippen molar-refractivity contribution in [3.05, 3.63) is 24.3 Å². The Labute approximate surface area is 92.3 Å². The second kappa shape index (κ2) is 3.97. The van der Waals surface area contributed by atoms with Gasteiger partial charge in [-0.2, -0.15) is 5.26 Å². The minimum Gasteiger partial charge on any atom is -0.254 e. The van der Waals surface area contributed by atoms with Crippen LogP contribution in [0.15, 0.2) is 24.3 Å². The average molecular weight is 212 g/mol. The van der Waals surface area contributed by atoms with Gasteiger partial charge in [0, 0.05) is 5.87 Å². The van der Waals surface area contributed by atoms with Crippen LogP contribution in [-0.4, -0.2) is 15.8 Å². The molecule has 0 aliphatic heterocycles. The molecular weight excluding hydrogens is 202 g/mol. The predicted molar refractivity (Wildman–Crippen MR) is 58.6 cm³/mol. The number of rotatable bonds is 2. The minimum absolute atomic E-state index is 0.0865. The Hall–Kier alpha value is -2.44. The second-order valence-electron chi connectivity index (χ2n) is 3.19. The molecule has 0 saturated heterocycles. The number of fused-ring (bicyclic) bond motifs is 1. The van der Waals surface area contributed by atoms with Crippen molar-refractivity contribution in [1.29, 1.82) is 10.7 Å². The molecule has 2 aromatic rings. The number of benzene rings is 1. The quantitative estimate of drug-likeness (QED) is 0.457. The van der Waals surface area contributed by atoms with Gasteiger partial charge in [0.1, 0.15) is 6.54 Å². The fourth-order valence-corrected chi connectivity index (χ4v) is 1.59. The molecule has 0 atom stereocenters. The SMILES string of the molecule is CC[n+]1nn(C(=C=N)C#N)c2ccccc21. The minimum atomic E-state index is 0.0865. The van der Waals surface area contributed by atoms with E-state index in [0.717, 1.165) is 11.0 Å². The molecular formula is C11H10N5+. The summed E-state index contributed by atoms with van der Waals surface area (Å²) in [5, 5.41) is 20.2. The molecule has 1 aromatic heterocycles. The van der Waals surface area contributed by atoms with Crippen molar-refractivity contribution in [3.63, 3.8) is 0 Å². The molecule has 0 saturated carbocycles. The Kier molecular flexibility index (Phi) is 2.50. The van der Waals surface area contributed by atoms with Gasteiger partial charge in [-0.1, -0.05) is 16.8 Å². The molecule has 0 spiro atoms. The van der Waals surface area contributed by atoms with Gasteiger partial charge in [-0.15, -0.1) is 4.68 Å². The molecule has 1 N–H and O–H groups in total. The van der Waals surface area contributed by atoms with Gasteiger partial charge in [-0.05, 0) is 19.1 Å². The number of allylic oxidation sites excluding steroid dienone is 1. The summed E-state index contributed by atoms with van der Waals surface area (Å²) in [6.45, 7) is 2.69. The highest BCUT2D eigenvalue weighted by Crippen LogP contribution is 2.11. The van der Waals surface area contributed by atoms with Crippen molar-refractivity contribution in [2.75, 3.05) is 0 Å². The van der Waals surface area contributed by atoms with E-state index in [9.17, 15) is 0 Å². The first-order chi connectivity index (χ1) is 7.81. The van der Waals surface area contributed by atoms with Gasteiger partial charge < -0.3 is 0 Å². The van der Waals surface area contributed by atoms with Crippen LogP contribution in [0.4, 0.5) is 0 Å². The summed E-state index contributed by atoms with van der Waals surface area (Å²) in [5.41, 5.74) is 1.83. The monoisotopic (exact) mass is 212 g/mol. The van der Waals surface area contributed by atoms with Crippen molar-refractivity contribution in [1.82, 2.24) is 9.90 Å². The first-order valence-electron chi connectivity index (χ1n) is 4.90. The number of aryl methyl sites for hydroxylation is 1. The summed E-state index contributed by atoms with van der Waals surface area (Å²) >= 11 is 0. The number of hydrogen-bond acceptors (Lipinski definition) is 3. The fourth-order valence-electron chi connectivity index (χ4n) is 1.59. The van der Waals surface area contributed by atoms with Gasteiger partial charge in [-0.25, -0.2) is 0 Å². The van der Waals surface area contributed by atoms with Crippen LogP contribution in [0.2, 0.25) is 0 Å². The van der Waals surface area contributed by atoms with Crippen LogP contribution in [0, 0.1) is 16.7 Å². The summed E-state index contributed by atoms with van der Waals surface area (Å²) in [6.07, 6.45) is 0. The topological polar surface area (TPSA) is 69.3 Å². The highest BCUT2D eigenvalue weighted by atomic mass is 15.5. The Morgan fingerprint density at radius 1 is 1.56 bits per heavy atom. The maximum Gasteiger partial charge on any atom is 0.293 e. The molecule has 16 heavy (non-hydrogen) atoms. The maximum absolute atomic E-state index is 8.88. The highest BCUT2D eigenvalue weighted by molar-refractivity contribution is 5.90. The van der Waals surface area contributed by atoms with E-state index < -0.39 is 0 Å². The van der Waals surface area contributed by atoms with Crippen molar-refractivity contribution < 1.29 is 4.68 Å². The largest absolute Gasteiger partial charge is 0.293 e. The number of nitrogens with zero attached hydrogens (tertiary/aromatic N) is 4. The van der Waals surface area contributed by atoms with E-state index in [0.29, 0.717) is 6.54 Å². The van der Waals surface area contributed by atoms with Gasteiger partial charge in [0.25, 0.3) is 5.70 Å². The van der Waals surface area contributed by atoms with Crippen LogP contribution in [0.5, 0.6) is 0 Å². The van der Waals surface area contributed by atoms with E-state index in [1.807, 2.05) is 37.3 Å². The summed E-state index contributed by atoms with van der Waals surface area (Å²) in [7, 11) is 0. The lowest BCUT2D eigenvalue weighted by molar-refractivity contribution is -0.728. The Balaban J connectivity index is 2.82. The predicted octanol–water partition coefficient (Wildman–Crippen LogP) is 0.957. The molecule has 0 bridgehead atoms. The smallest absolute Gasteiger partial charge is 0.254 e. The van der Waals surface area contributed by atoms with Crippen LogP contribution < -0.4 is 4.68 Å². The molecule has 0 fully saturated rings. The number of nitrogens with one attached hydrogen (secondary N) is 1. The third kappa shape index (κ3) is 1.38. The van der Waals surface area contributed by atoms with Gasteiger partial charge in [0.2, 0.25) is 5.52 Å². The standard InChI is InChI=1S/C11H10N5/c1-2-15-10-5-3-4-6-11(10)16(14-15)9(7-12)8-13/h3-6,12H,2H2,1H3/q+1. The highest BCUT2D eigenvalue weighted by Gasteiger charge is 2.19. The third-order valence-corrected chi connectivity index (χ3v) is 2.32. The van der Waals surface area contributed by atoms with Gasteiger partial charge in [0.15, 0.2) is 11.6 Å². The Bertz CT molecular complexity index is 625. The van der Waals surface area contributed by atoms with Gasteiger partial charge in [-0.3, -0.25) is 5.41 Å². The lowest BCUT2D eigenvalue weighted by Crippen LogP contribution is -2.35. The first-order valence-corrected chi connectivity index (χ1v) is 4.90. The second-order valence-corrected chi connectivity index (χ2v) is 3.19.